The largest absolute Gasteiger partial charge is 0.336 e. The van der Waals surface area contributed by atoms with Gasteiger partial charge in [-0.25, -0.2) is 0 Å². The minimum atomic E-state index is 0.622. The first kappa shape index (κ1) is 14.5. The Labute approximate surface area is 142 Å². The minimum absolute atomic E-state index is 0.622. The smallest absolute Gasteiger partial charge is 0.266 e. The lowest BCUT2D eigenvalue weighted by Crippen LogP contribution is -2.44. The van der Waals surface area contributed by atoms with Crippen LogP contribution in [0.25, 0.3) is 11.5 Å². The molecule has 3 saturated heterocycles. The lowest BCUT2D eigenvalue weighted by atomic mass is 9.95. The zero-order valence-corrected chi connectivity index (χ0v) is 14.0. The van der Waals surface area contributed by atoms with E-state index in [0.717, 1.165) is 36.4 Å². The first-order valence-corrected chi connectivity index (χ1v) is 9.23. The van der Waals surface area contributed by atoms with E-state index >= 15 is 0 Å². The number of nitrogens with zero attached hydrogens (tertiary/aromatic N) is 4. The van der Waals surface area contributed by atoms with Crippen molar-refractivity contribution in [3.63, 3.8) is 0 Å². The van der Waals surface area contributed by atoms with Gasteiger partial charge >= 0.3 is 0 Å². The molecule has 0 N–H and O–H groups in total. The normalized spacial score (nSPS) is 27.4. The topological polar surface area (TPSA) is 45.4 Å². The minimum Gasteiger partial charge on any atom is -0.336 e. The maximum Gasteiger partial charge on any atom is 0.266 e. The monoisotopic (exact) mass is 324 g/mol. The average molecular weight is 324 g/mol. The Kier molecular flexibility index (Phi) is 3.55. The highest BCUT2D eigenvalue weighted by Gasteiger charge is 2.38. The molecule has 24 heavy (non-hydrogen) atoms. The van der Waals surface area contributed by atoms with Gasteiger partial charge in [-0.1, -0.05) is 18.2 Å². The van der Waals surface area contributed by atoms with E-state index in [-0.39, 0.29) is 0 Å². The quantitative estimate of drug-likeness (QED) is 0.865. The Morgan fingerprint density at radius 2 is 1.88 bits per heavy atom. The summed E-state index contributed by atoms with van der Waals surface area (Å²) in [4.78, 5) is 9.76. The maximum atomic E-state index is 5.52. The van der Waals surface area contributed by atoms with Crippen LogP contribution in [0.15, 0.2) is 34.9 Å². The van der Waals surface area contributed by atoms with Crippen molar-refractivity contribution in [1.29, 1.82) is 0 Å². The predicted octanol–water partition coefficient (Wildman–Crippen LogP) is 3.05. The van der Waals surface area contributed by atoms with Gasteiger partial charge in [0.1, 0.15) is 0 Å². The molecule has 0 radical (unpaired) electrons. The van der Waals surface area contributed by atoms with E-state index in [2.05, 4.69) is 19.9 Å². The predicted molar refractivity (Wildman–Crippen MR) is 92.8 cm³/mol. The van der Waals surface area contributed by atoms with Crippen LogP contribution in [0.2, 0.25) is 0 Å². The van der Waals surface area contributed by atoms with Gasteiger partial charge in [-0.3, -0.25) is 4.90 Å². The van der Waals surface area contributed by atoms with E-state index in [1.165, 1.54) is 38.8 Å². The van der Waals surface area contributed by atoms with Crippen molar-refractivity contribution < 1.29 is 4.52 Å². The van der Waals surface area contributed by atoms with Crippen LogP contribution in [0.3, 0.4) is 0 Å². The molecule has 3 aliphatic heterocycles. The standard InChI is InChI=1S/C19H24N4O/c1-2-4-16(5-3-1)18-20-19(21-24-18)23-12-15-8-9-17(13-23)22(11-15)10-14-6-7-14/h1-5,14-15,17H,6-13H2/t15-,17-/m1/s1. The van der Waals surface area contributed by atoms with E-state index < -0.39 is 0 Å². The molecule has 0 amide bonds. The van der Waals surface area contributed by atoms with Crippen LogP contribution in [0.4, 0.5) is 5.95 Å². The second-order valence-corrected chi connectivity index (χ2v) is 7.67. The fourth-order valence-corrected chi connectivity index (χ4v) is 4.24. The van der Waals surface area contributed by atoms with Gasteiger partial charge in [0.05, 0.1) is 0 Å². The number of anilines is 1. The second kappa shape index (κ2) is 5.88. The molecule has 0 unspecified atom stereocenters. The summed E-state index contributed by atoms with van der Waals surface area (Å²) in [7, 11) is 0. The number of aromatic nitrogens is 2. The average Bonchev–Trinajstić information content (AvgIpc) is 3.37. The van der Waals surface area contributed by atoms with E-state index in [1.807, 2.05) is 30.3 Å². The van der Waals surface area contributed by atoms with Crippen molar-refractivity contribution in [1.82, 2.24) is 15.0 Å². The Balaban J connectivity index is 1.35. The second-order valence-electron chi connectivity index (χ2n) is 7.67. The maximum absolute atomic E-state index is 5.52. The van der Waals surface area contributed by atoms with Gasteiger partial charge in [0.15, 0.2) is 0 Å². The third kappa shape index (κ3) is 2.81. The van der Waals surface area contributed by atoms with E-state index in [9.17, 15) is 0 Å². The van der Waals surface area contributed by atoms with Crippen molar-refractivity contribution in [2.45, 2.75) is 31.7 Å². The van der Waals surface area contributed by atoms with Crippen molar-refractivity contribution in [2.75, 3.05) is 31.1 Å². The fraction of sp³-hybridized carbons (Fsp3) is 0.579. The molecule has 4 heterocycles. The number of piperidine rings is 1. The molecule has 5 nitrogen and oxygen atoms in total. The van der Waals surface area contributed by atoms with Gasteiger partial charge in [0.25, 0.3) is 11.8 Å². The summed E-state index contributed by atoms with van der Waals surface area (Å²) in [6.45, 7) is 4.65. The molecule has 2 bridgehead atoms. The lowest BCUT2D eigenvalue weighted by Gasteiger charge is -2.36. The highest BCUT2D eigenvalue weighted by atomic mass is 16.5. The molecule has 0 spiro atoms. The Morgan fingerprint density at radius 3 is 2.71 bits per heavy atom. The molecule has 6 rings (SSSR count). The van der Waals surface area contributed by atoms with Crippen LogP contribution in [0.5, 0.6) is 0 Å². The zero-order valence-electron chi connectivity index (χ0n) is 14.0. The number of hydrogen-bond acceptors (Lipinski definition) is 5. The van der Waals surface area contributed by atoms with Crippen LogP contribution in [0.1, 0.15) is 25.7 Å². The van der Waals surface area contributed by atoms with Crippen molar-refractivity contribution >= 4 is 5.95 Å². The molecular weight excluding hydrogens is 300 g/mol. The van der Waals surface area contributed by atoms with Crippen LogP contribution < -0.4 is 4.90 Å². The number of hydrogen-bond donors (Lipinski definition) is 0. The molecule has 1 aromatic heterocycles. The molecule has 1 aliphatic carbocycles. The summed E-state index contributed by atoms with van der Waals surface area (Å²) in [6.07, 6.45) is 5.52. The van der Waals surface area contributed by atoms with E-state index in [0.29, 0.717) is 11.9 Å². The molecule has 2 atom stereocenters. The summed E-state index contributed by atoms with van der Waals surface area (Å²) >= 11 is 0. The molecule has 4 fully saturated rings. The first-order chi connectivity index (χ1) is 11.8. The zero-order chi connectivity index (χ0) is 15.9. The molecular formula is C19H24N4O. The van der Waals surface area contributed by atoms with Gasteiger partial charge in [-0.15, -0.1) is 0 Å². The Hall–Kier alpha value is -1.88. The van der Waals surface area contributed by atoms with Gasteiger partial charge in [-0.05, 0) is 54.8 Å². The number of benzene rings is 1. The van der Waals surface area contributed by atoms with Crippen LogP contribution in [-0.4, -0.2) is 47.3 Å². The molecule has 1 aromatic carbocycles. The summed E-state index contributed by atoms with van der Waals surface area (Å²) < 4.78 is 5.52. The van der Waals surface area contributed by atoms with Gasteiger partial charge < -0.3 is 9.42 Å². The van der Waals surface area contributed by atoms with Gasteiger partial charge in [0.2, 0.25) is 0 Å². The van der Waals surface area contributed by atoms with Crippen molar-refractivity contribution in [3.05, 3.63) is 30.3 Å². The third-order valence-corrected chi connectivity index (χ3v) is 5.74. The van der Waals surface area contributed by atoms with E-state index in [1.54, 1.807) is 0 Å². The highest BCUT2D eigenvalue weighted by Crippen LogP contribution is 2.35. The van der Waals surface area contributed by atoms with E-state index in [4.69, 9.17) is 4.52 Å². The number of rotatable bonds is 4. The van der Waals surface area contributed by atoms with Gasteiger partial charge in [-0.2, -0.15) is 4.98 Å². The SMILES string of the molecule is c1ccc(-c2nc(N3C[C@@H]4CC[C@H](C3)N(CC3CC3)C4)no2)cc1. The van der Waals surface area contributed by atoms with Crippen molar-refractivity contribution in [2.24, 2.45) is 11.8 Å². The first-order valence-electron chi connectivity index (χ1n) is 9.23. The lowest BCUT2D eigenvalue weighted by molar-refractivity contribution is 0.128. The summed E-state index contributed by atoms with van der Waals surface area (Å²) in [5.74, 6) is 3.09. The molecule has 126 valence electrons. The molecule has 4 aliphatic rings. The molecule has 2 aromatic rings. The Bertz CT molecular complexity index is 696. The summed E-state index contributed by atoms with van der Waals surface area (Å²) in [5, 5.41) is 4.27. The summed E-state index contributed by atoms with van der Waals surface area (Å²) in [5.41, 5.74) is 0.990. The van der Waals surface area contributed by atoms with Gasteiger partial charge in [0, 0.05) is 37.8 Å². The summed E-state index contributed by atoms with van der Waals surface area (Å²) in [6, 6.07) is 10.7. The van der Waals surface area contributed by atoms with Crippen LogP contribution >= 0.6 is 0 Å². The highest BCUT2D eigenvalue weighted by molar-refractivity contribution is 5.54. The molecule has 5 heteroatoms. The van der Waals surface area contributed by atoms with Crippen LogP contribution in [0, 0.1) is 11.8 Å². The third-order valence-electron chi connectivity index (χ3n) is 5.74. The van der Waals surface area contributed by atoms with Crippen LogP contribution in [-0.2, 0) is 0 Å². The fourth-order valence-electron chi connectivity index (χ4n) is 4.24. The van der Waals surface area contributed by atoms with Crippen molar-refractivity contribution in [3.8, 4) is 11.5 Å². The molecule has 1 saturated carbocycles. The number of fused-ring (bicyclic) bond motifs is 4. The Morgan fingerprint density at radius 1 is 1.00 bits per heavy atom.